The number of halogens is 1. The third-order valence-electron chi connectivity index (χ3n) is 2.87. The summed E-state index contributed by atoms with van der Waals surface area (Å²) in [4.78, 5) is 23.9. The van der Waals surface area contributed by atoms with E-state index in [2.05, 4.69) is 10.4 Å². The van der Waals surface area contributed by atoms with Gasteiger partial charge in [0, 0.05) is 0 Å². The Labute approximate surface area is 133 Å². The highest BCUT2D eigenvalue weighted by atomic mass is 35.5. The maximum Gasteiger partial charge on any atom is 0.343 e. The maximum atomic E-state index is 12.0. The van der Waals surface area contributed by atoms with E-state index >= 15 is 0 Å². The first-order chi connectivity index (χ1) is 10.5. The Morgan fingerprint density at radius 1 is 1.36 bits per heavy atom. The Kier molecular flexibility index (Phi) is 5.16. The Balaban J connectivity index is 2.46. The number of hydrogen-bond acceptors (Lipinski definition) is 4. The topological polar surface area (TPSA) is 73.2 Å². The molecule has 1 aromatic heterocycles. The fourth-order valence-electron chi connectivity index (χ4n) is 1.81. The van der Waals surface area contributed by atoms with Gasteiger partial charge in [-0.1, -0.05) is 18.2 Å². The van der Waals surface area contributed by atoms with Crippen LogP contribution >= 0.6 is 11.6 Å². The number of benzene rings is 1. The lowest BCUT2D eigenvalue weighted by Crippen LogP contribution is -2.23. The van der Waals surface area contributed by atoms with Crippen molar-refractivity contribution in [3.05, 3.63) is 42.1 Å². The summed E-state index contributed by atoms with van der Waals surface area (Å²) >= 11 is 5.78. The number of carbonyl (C=O) groups excluding carboxylic acids is 2. The molecule has 0 saturated heterocycles. The third kappa shape index (κ3) is 3.46. The van der Waals surface area contributed by atoms with E-state index in [1.54, 1.807) is 13.8 Å². The summed E-state index contributed by atoms with van der Waals surface area (Å²) in [6, 6.07) is 9.13. The minimum atomic E-state index is -0.742. The van der Waals surface area contributed by atoms with Gasteiger partial charge in [-0.3, -0.25) is 4.79 Å². The number of esters is 1. The molecule has 7 heteroatoms. The molecule has 116 valence electrons. The second-order valence-electron chi connectivity index (χ2n) is 4.48. The van der Waals surface area contributed by atoms with Crippen LogP contribution in [0.5, 0.6) is 0 Å². The average Bonchev–Trinajstić information content (AvgIpc) is 2.92. The predicted octanol–water partition coefficient (Wildman–Crippen LogP) is 2.61. The number of hydrogen-bond donors (Lipinski definition) is 1. The van der Waals surface area contributed by atoms with Gasteiger partial charge >= 0.3 is 5.97 Å². The van der Waals surface area contributed by atoms with Gasteiger partial charge in [-0.05, 0) is 26.0 Å². The Morgan fingerprint density at radius 3 is 2.64 bits per heavy atom. The highest BCUT2D eigenvalue weighted by Gasteiger charge is 2.22. The summed E-state index contributed by atoms with van der Waals surface area (Å²) in [6.07, 6.45) is 1.36. The quantitative estimate of drug-likeness (QED) is 0.678. The fraction of sp³-hybridized carbons (Fsp3) is 0.267. The summed E-state index contributed by atoms with van der Waals surface area (Å²) in [5, 5.41) is 6.04. The monoisotopic (exact) mass is 321 g/mol. The molecule has 0 saturated carbocycles. The lowest BCUT2D eigenvalue weighted by molar-refractivity contribution is -0.115. The third-order valence-corrected chi connectivity index (χ3v) is 3.07. The molecule has 1 unspecified atom stereocenters. The van der Waals surface area contributed by atoms with E-state index in [1.807, 2.05) is 30.3 Å². The minimum absolute atomic E-state index is 0.177. The molecule has 0 radical (unpaired) electrons. The van der Waals surface area contributed by atoms with Gasteiger partial charge in [0.05, 0.1) is 18.5 Å². The van der Waals surface area contributed by atoms with Crippen molar-refractivity contribution < 1.29 is 14.3 Å². The number of amides is 1. The molecule has 6 nitrogen and oxygen atoms in total. The van der Waals surface area contributed by atoms with Gasteiger partial charge in [-0.25, -0.2) is 9.48 Å². The van der Waals surface area contributed by atoms with Gasteiger partial charge in [0.15, 0.2) is 5.82 Å². The van der Waals surface area contributed by atoms with E-state index in [0.717, 1.165) is 0 Å². The minimum Gasteiger partial charge on any atom is -0.462 e. The molecule has 0 bridgehead atoms. The molecule has 0 aliphatic rings. The molecule has 0 aliphatic carbocycles. The van der Waals surface area contributed by atoms with Gasteiger partial charge < -0.3 is 10.1 Å². The van der Waals surface area contributed by atoms with Crippen LogP contribution in [-0.2, 0) is 9.53 Å². The molecule has 1 heterocycles. The van der Waals surface area contributed by atoms with Gasteiger partial charge in [0.25, 0.3) is 0 Å². The van der Waals surface area contributed by atoms with Gasteiger partial charge in [-0.15, -0.1) is 11.6 Å². The van der Waals surface area contributed by atoms with Crippen LogP contribution in [-0.4, -0.2) is 33.6 Å². The molecule has 0 aliphatic heterocycles. The molecule has 22 heavy (non-hydrogen) atoms. The van der Waals surface area contributed by atoms with Crippen molar-refractivity contribution >= 4 is 29.3 Å². The van der Waals surface area contributed by atoms with E-state index in [9.17, 15) is 9.59 Å². The summed E-state index contributed by atoms with van der Waals surface area (Å²) in [5.41, 5.74) is 0.881. The second-order valence-corrected chi connectivity index (χ2v) is 5.13. The molecule has 2 aromatic rings. The van der Waals surface area contributed by atoms with Crippen molar-refractivity contribution in [1.82, 2.24) is 9.78 Å². The van der Waals surface area contributed by atoms with E-state index in [4.69, 9.17) is 16.3 Å². The van der Waals surface area contributed by atoms with Crippen molar-refractivity contribution in [3.63, 3.8) is 0 Å². The van der Waals surface area contributed by atoms with Gasteiger partial charge in [0.1, 0.15) is 10.9 Å². The first-order valence-corrected chi connectivity index (χ1v) is 7.23. The summed E-state index contributed by atoms with van der Waals surface area (Å²) in [7, 11) is 0. The molecular formula is C15H16ClN3O3. The molecule has 1 atom stereocenters. The molecule has 0 fully saturated rings. The van der Waals surface area contributed by atoms with Crippen molar-refractivity contribution in [2.75, 3.05) is 11.9 Å². The van der Waals surface area contributed by atoms with Crippen LogP contribution in [0.1, 0.15) is 24.2 Å². The normalized spacial score (nSPS) is 11.8. The van der Waals surface area contributed by atoms with Crippen LogP contribution in [0.25, 0.3) is 5.69 Å². The highest BCUT2D eigenvalue weighted by Crippen LogP contribution is 2.21. The van der Waals surface area contributed by atoms with Crippen LogP contribution in [0.2, 0.25) is 0 Å². The predicted molar refractivity (Wildman–Crippen MR) is 83.5 cm³/mol. The molecule has 1 amide bonds. The summed E-state index contributed by atoms with van der Waals surface area (Å²) < 4.78 is 6.45. The van der Waals surface area contributed by atoms with Gasteiger partial charge in [-0.2, -0.15) is 5.10 Å². The Hall–Kier alpha value is -2.34. The highest BCUT2D eigenvalue weighted by molar-refractivity contribution is 6.32. The number of aromatic nitrogens is 2. The van der Waals surface area contributed by atoms with Crippen molar-refractivity contribution in [2.24, 2.45) is 0 Å². The van der Waals surface area contributed by atoms with Crippen LogP contribution in [0.4, 0.5) is 5.82 Å². The number of ether oxygens (including phenoxy) is 1. The lowest BCUT2D eigenvalue weighted by atomic mass is 10.3. The number of alkyl halides is 1. The van der Waals surface area contributed by atoms with E-state index in [-0.39, 0.29) is 18.0 Å². The fourth-order valence-corrected chi connectivity index (χ4v) is 1.86. The molecule has 1 N–H and O–H groups in total. The SMILES string of the molecule is CCOC(=O)c1cnn(-c2ccccc2)c1NC(=O)C(C)Cl. The zero-order chi connectivity index (χ0) is 16.1. The molecule has 1 aromatic carbocycles. The smallest absolute Gasteiger partial charge is 0.343 e. The van der Waals surface area contributed by atoms with E-state index < -0.39 is 17.3 Å². The number of carbonyl (C=O) groups is 2. The largest absolute Gasteiger partial charge is 0.462 e. The van der Waals surface area contributed by atoms with Crippen molar-refractivity contribution in [2.45, 2.75) is 19.2 Å². The number of nitrogens with zero attached hydrogens (tertiary/aromatic N) is 2. The van der Waals surface area contributed by atoms with Gasteiger partial charge in [0.2, 0.25) is 5.91 Å². The maximum absolute atomic E-state index is 12.0. The zero-order valence-electron chi connectivity index (χ0n) is 12.2. The Morgan fingerprint density at radius 2 is 2.05 bits per heavy atom. The molecule has 0 spiro atoms. The van der Waals surface area contributed by atoms with Crippen LogP contribution in [0.3, 0.4) is 0 Å². The summed E-state index contributed by atoms with van der Waals surface area (Å²) in [5.74, 6) is -0.741. The first-order valence-electron chi connectivity index (χ1n) is 6.80. The molecule has 2 rings (SSSR count). The number of para-hydroxylation sites is 1. The van der Waals surface area contributed by atoms with Crippen molar-refractivity contribution in [3.8, 4) is 5.69 Å². The number of rotatable bonds is 5. The average molecular weight is 322 g/mol. The van der Waals surface area contributed by atoms with Crippen LogP contribution < -0.4 is 5.32 Å². The van der Waals surface area contributed by atoms with Crippen LogP contribution in [0, 0.1) is 0 Å². The standard InChI is InChI=1S/C15H16ClN3O3/c1-3-22-15(21)12-9-17-19(11-7-5-4-6-8-11)13(12)18-14(20)10(2)16/h4-10H,3H2,1-2H3,(H,18,20). The van der Waals surface area contributed by atoms with Crippen molar-refractivity contribution in [1.29, 1.82) is 0 Å². The van der Waals surface area contributed by atoms with E-state index in [0.29, 0.717) is 5.69 Å². The second kappa shape index (κ2) is 7.09. The number of anilines is 1. The lowest BCUT2D eigenvalue weighted by Gasteiger charge is -2.11. The van der Waals surface area contributed by atoms with Crippen LogP contribution in [0.15, 0.2) is 36.5 Å². The number of nitrogens with one attached hydrogen (secondary N) is 1. The Bertz CT molecular complexity index is 668. The van der Waals surface area contributed by atoms with E-state index in [1.165, 1.54) is 10.9 Å². The summed E-state index contributed by atoms with van der Waals surface area (Å²) in [6.45, 7) is 3.48. The first kappa shape index (κ1) is 16.0. The molecular weight excluding hydrogens is 306 g/mol. The zero-order valence-corrected chi connectivity index (χ0v) is 13.0.